The lowest BCUT2D eigenvalue weighted by molar-refractivity contribution is -0.118. The predicted octanol–water partition coefficient (Wildman–Crippen LogP) is 7.78. The standard InChI is InChI=1S/C38H38N6O.2ClH/c1-43-35-21-20-33(24-34(35)42-36(43)22-14-27-9-16-30(17-10-27)38(40)41)44(25-28-11-15-29-6-2-3-7-31(29)23-28)37(45)8-4-5-26-12-18-32(39)19-13-26;;/h2-3,6-7,9-13,15-21,23-24H,4-5,8,14,22,25,39H2,1H3,(H3,40,41);2*1H. The van der Waals surface area contributed by atoms with E-state index in [1.807, 2.05) is 84.7 Å². The molecule has 0 aliphatic heterocycles. The van der Waals surface area contributed by atoms with Gasteiger partial charge in [-0.15, -0.1) is 24.8 Å². The van der Waals surface area contributed by atoms with Crippen LogP contribution in [0.15, 0.2) is 109 Å². The van der Waals surface area contributed by atoms with Crippen LogP contribution in [-0.4, -0.2) is 21.3 Å². The fourth-order valence-corrected chi connectivity index (χ4v) is 5.84. The number of rotatable bonds is 11. The van der Waals surface area contributed by atoms with Crippen molar-refractivity contribution in [2.75, 3.05) is 10.6 Å². The normalized spacial score (nSPS) is 10.7. The number of nitrogens with zero attached hydrogens (tertiary/aromatic N) is 3. The third-order valence-corrected chi connectivity index (χ3v) is 8.46. The van der Waals surface area contributed by atoms with E-state index in [0.717, 1.165) is 70.4 Å². The van der Waals surface area contributed by atoms with E-state index in [-0.39, 0.29) is 36.6 Å². The number of carbonyl (C=O) groups is 1. The molecule has 0 aliphatic carbocycles. The molecule has 0 aliphatic rings. The summed E-state index contributed by atoms with van der Waals surface area (Å²) in [5.41, 5.74) is 19.1. The summed E-state index contributed by atoms with van der Waals surface area (Å²) in [7, 11) is 2.04. The first-order valence-corrected chi connectivity index (χ1v) is 15.4. The Morgan fingerprint density at radius 2 is 1.45 bits per heavy atom. The van der Waals surface area contributed by atoms with E-state index in [9.17, 15) is 4.79 Å². The Balaban J connectivity index is 0.00000250. The Hall–Kier alpha value is -4.85. The van der Waals surface area contributed by atoms with Crippen LogP contribution in [-0.2, 0) is 37.6 Å². The van der Waals surface area contributed by atoms with E-state index in [2.05, 4.69) is 41.0 Å². The molecule has 242 valence electrons. The fourth-order valence-electron chi connectivity index (χ4n) is 5.84. The number of anilines is 2. The molecule has 0 fully saturated rings. The van der Waals surface area contributed by atoms with Gasteiger partial charge in [-0.1, -0.05) is 72.8 Å². The lowest BCUT2D eigenvalue weighted by Gasteiger charge is -2.23. The van der Waals surface area contributed by atoms with Gasteiger partial charge in [0.2, 0.25) is 5.91 Å². The summed E-state index contributed by atoms with van der Waals surface area (Å²) in [6, 6.07) is 36.5. The Labute approximate surface area is 287 Å². The van der Waals surface area contributed by atoms with Crippen LogP contribution >= 0.6 is 24.8 Å². The van der Waals surface area contributed by atoms with Crippen LogP contribution in [0, 0.1) is 5.41 Å². The molecule has 0 saturated carbocycles. The molecular formula is C38H40Cl2N6O. The predicted molar refractivity (Wildman–Crippen MR) is 199 cm³/mol. The first-order chi connectivity index (χ1) is 21.8. The molecule has 0 saturated heterocycles. The molecule has 0 atom stereocenters. The largest absolute Gasteiger partial charge is 0.399 e. The highest BCUT2D eigenvalue weighted by Gasteiger charge is 2.19. The number of halogens is 2. The van der Waals surface area contributed by atoms with Crippen molar-refractivity contribution in [2.45, 2.75) is 38.6 Å². The molecule has 6 aromatic rings. The highest BCUT2D eigenvalue weighted by Crippen LogP contribution is 2.27. The molecule has 5 N–H and O–H groups in total. The van der Waals surface area contributed by atoms with Gasteiger partial charge in [-0.2, -0.15) is 0 Å². The van der Waals surface area contributed by atoms with Gasteiger partial charge in [0.25, 0.3) is 0 Å². The Morgan fingerprint density at radius 3 is 2.17 bits per heavy atom. The number of aryl methyl sites for hydroxylation is 4. The van der Waals surface area contributed by atoms with E-state index in [4.69, 9.17) is 21.9 Å². The van der Waals surface area contributed by atoms with Crippen molar-refractivity contribution in [2.24, 2.45) is 12.8 Å². The van der Waals surface area contributed by atoms with Crippen molar-refractivity contribution in [1.29, 1.82) is 5.41 Å². The molecule has 47 heavy (non-hydrogen) atoms. The molecule has 9 heteroatoms. The summed E-state index contributed by atoms with van der Waals surface area (Å²) < 4.78 is 2.13. The van der Waals surface area contributed by atoms with Crippen LogP contribution in [0.5, 0.6) is 0 Å². The van der Waals surface area contributed by atoms with Gasteiger partial charge in [0.1, 0.15) is 11.7 Å². The average Bonchev–Trinajstić information content (AvgIpc) is 3.37. The zero-order chi connectivity index (χ0) is 31.3. The Morgan fingerprint density at radius 1 is 0.787 bits per heavy atom. The maximum absolute atomic E-state index is 13.8. The molecule has 1 amide bonds. The number of amidine groups is 1. The van der Waals surface area contributed by atoms with Gasteiger partial charge in [0, 0.05) is 36.8 Å². The van der Waals surface area contributed by atoms with Crippen molar-refractivity contribution >= 4 is 69.7 Å². The summed E-state index contributed by atoms with van der Waals surface area (Å²) in [4.78, 5) is 20.7. The third-order valence-electron chi connectivity index (χ3n) is 8.46. The van der Waals surface area contributed by atoms with Crippen molar-refractivity contribution < 1.29 is 4.79 Å². The van der Waals surface area contributed by atoms with E-state index in [1.165, 1.54) is 16.5 Å². The van der Waals surface area contributed by atoms with E-state index in [1.54, 1.807) is 0 Å². The number of nitrogens with two attached hydrogens (primary N) is 2. The molecule has 1 heterocycles. The van der Waals surface area contributed by atoms with Gasteiger partial charge in [-0.3, -0.25) is 10.2 Å². The smallest absolute Gasteiger partial charge is 0.227 e. The first-order valence-electron chi connectivity index (χ1n) is 15.4. The quantitative estimate of drug-likeness (QED) is 0.0744. The summed E-state index contributed by atoms with van der Waals surface area (Å²) in [5.74, 6) is 1.14. The summed E-state index contributed by atoms with van der Waals surface area (Å²) in [6.45, 7) is 0.479. The van der Waals surface area contributed by atoms with Crippen LogP contribution in [0.1, 0.15) is 40.9 Å². The maximum Gasteiger partial charge on any atom is 0.227 e. The second kappa shape index (κ2) is 15.6. The molecular weight excluding hydrogens is 627 g/mol. The first kappa shape index (κ1) is 35.0. The lowest BCUT2D eigenvalue weighted by Crippen LogP contribution is -2.30. The van der Waals surface area contributed by atoms with Crippen LogP contribution in [0.3, 0.4) is 0 Å². The fraction of sp³-hybridized carbons (Fsp3) is 0.184. The molecule has 0 unspecified atom stereocenters. The van der Waals surface area contributed by atoms with E-state index >= 15 is 0 Å². The number of aromatic nitrogens is 2. The van der Waals surface area contributed by atoms with Gasteiger partial charge in [0.05, 0.1) is 17.6 Å². The SMILES string of the molecule is Cl.Cl.Cn1c(CCc2ccc(C(=N)N)cc2)nc2cc(N(Cc3ccc4ccccc4c3)C(=O)CCCc3ccc(N)cc3)ccc21. The molecule has 5 aromatic carbocycles. The van der Waals surface area contributed by atoms with Crippen LogP contribution in [0.25, 0.3) is 21.8 Å². The topological polar surface area (TPSA) is 114 Å². The number of carbonyl (C=O) groups excluding carboxylic acids is 1. The number of imidazole rings is 1. The number of hydrogen-bond donors (Lipinski definition) is 3. The minimum absolute atomic E-state index is 0. The average molecular weight is 668 g/mol. The highest BCUT2D eigenvalue weighted by atomic mass is 35.5. The number of fused-ring (bicyclic) bond motifs is 2. The van der Waals surface area contributed by atoms with Crippen molar-refractivity contribution in [1.82, 2.24) is 9.55 Å². The van der Waals surface area contributed by atoms with Crippen LogP contribution in [0.4, 0.5) is 11.4 Å². The number of amides is 1. The van der Waals surface area contributed by atoms with Crippen LogP contribution in [0.2, 0.25) is 0 Å². The van der Waals surface area contributed by atoms with E-state index in [0.29, 0.717) is 13.0 Å². The molecule has 0 radical (unpaired) electrons. The van der Waals surface area contributed by atoms with Crippen molar-refractivity contribution in [3.63, 3.8) is 0 Å². The second-order valence-corrected chi connectivity index (χ2v) is 11.6. The minimum atomic E-state index is 0. The molecule has 0 spiro atoms. The van der Waals surface area contributed by atoms with Gasteiger partial charge >= 0.3 is 0 Å². The van der Waals surface area contributed by atoms with Gasteiger partial charge in [0.15, 0.2) is 0 Å². The van der Waals surface area contributed by atoms with Crippen molar-refractivity contribution in [3.8, 4) is 0 Å². The summed E-state index contributed by atoms with van der Waals surface area (Å²) in [5, 5.41) is 9.95. The van der Waals surface area contributed by atoms with Crippen molar-refractivity contribution in [3.05, 3.63) is 137 Å². The van der Waals surface area contributed by atoms with E-state index < -0.39 is 0 Å². The zero-order valence-electron chi connectivity index (χ0n) is 26.4. The third kappa shape index (κ3) is 8.30. The van der Waals surface area contributed by atoms with Gasteiger partial charge in [-0.05, 0) is 83.1 Å². The van der Waals surface area contributed by atoms with Crippen LogP contribution < -0.4 is 16.4 Å². The lowest BCUT2D eigenvalue weighted by atomic mass is 10.1. The second-order valence-electron chi connectivity index (χ2n) is 11.6. The molecule has 7 nitrogen and oxygen atoms in total. The highest BCUT2D eigenvalue weighted by molar-refractivity contribution is 5.96. The number of nitrogens with one attached hydrogen (secondary N) is 1. The summed E-state index contributed by atoms with van der Waals surface area (Å²) >= 11 is 0. The minimum Gasteiger partial charge on any atom is -0.399 e. The molecule has 0 bridgehead atoms. The maximum atomic E-state index is 13.8. The number of nitrogen functional groups attached to an aromatic ring is 2. The number of hydrogen-bond acceptors (Lipinski definition) is 4. The monoisotopic (exact) mass is 666 g/mol. The number of benzene rings is 5. The Bertz CT molecular complexity index is 1990. The Kier molecular flexibility index (Phi) is 11.6. The molecule has 6 rings (SSSR count). The van der Waals surface area contributed by atoms with Gasteiger partial charge in [-0.25, -0.2) is 4.98 Å². The molecule has 1 aromatic heterocycles. The summed E-state index contributed by atoms with van der Waals surface area (Å²) in [6.07, 6.45) is 3.59. The zero-order valence-corrected chi connectivity index (χ0v) is 28.0. The van der Waals surface area contributed by atoms with Gasteiger partial charge < -0.3 is 20.9 Å².